The van der Waals surface area contributed by atoms with E-state index in [0.717, 1.165) is 17.8 Å². The van der Waals surface area contributed by atoms with E-state index in [1.165, 1.54) is 77.0 Å². The molecule has 0 saturated carbocycles. The van der Waals surface area contributed by atoms with Crippen LogP contribution in [0.5, 0.6) is 0 Å². The molecule has 0 unspecified atom stereocenters. The molecule has 0 fully saturated rings. The van der Waals surface area contributed by atoms with Gasteiger partial charge in [0.15, 0.2) is 0 Å². The van der Waals surface area contributed by atoms with E-state index in [1.807, 2.05) is 41.5 Å². The fraction of sp³-hybridized carbons (Fsp3) is 0.833. The molecule has 0 spiro atoms. The molecule has 0 N–H and O–H groups in total. The molecule has 0 nitrogen and oxygen atoms in total. The lowest BCUT2D eigenvalue weighted by Crippen LogP contribution is -1.77. The monoisotopic (exact) mass is 511 g/mol. The third kappa shape index (κ3) is 116. The van der Waals surface area contributed by atoms with Crippen LogP contribution in [0.1, 0.15) is 181 Å². The van der Waals surface area contributed by atoms with E-state index >= 15 is 0 Å². The van der Waals surface area contributed by atoms with Crippen LogP contribution < -0.4 is 0 Å². The zero-order valence-corrected chi connectivity index (χ0v) is 28.7. The highest BCUT2D eigenvalue weighted by Gasteiger charge is 1.89. The van der Waals surface area contributed by atoms with Crippen LogP contribution in [0.4, 0.5) is 0 Å². The van der Waals surface area contributed by atoms with Gasteiger partial charge in [-0.15, -0.1) is 0 Å². The first-order valence-corrected chi connectivity index (χ1v) is 16.1. The molecule has 0 saturated heterocycles. The van der Waals surface area contributed by atoms with Crippen LogP contribution in [0.3, 0.4) is 0 Å². The first-order valence-electron chi connectivity index (χ1n) is 16.1. The lowest BCUT2D eigenvalue weighted by atomic mass is 10.1. The molecule has 0 aromatic heterocycles. The number of hydrogen-bond acceptors (Lipinski definition) is 0. The third-order valence-corrected chi connectivity index (χ3v) is 3.47. The van der Waals surface area contributed by atoms with Crippen LogP contribution >= 0.6 is 0 Å². The topological polar surface area (TPSA) is 0 Å². The number of allylic oxidation sites excluding steroid dienone is 6. The Bertz CT molecular complexity index is 310. The van der Waals surface area contributed by atoms with Gasteiger partial charge in [0.1, 0.15) is 0 Å². The Labute approximate surface area is 234 Å². The molecule has 0 heteroatoms. The maximum atomic E-state index is 2.30. The first kappa shape index (κ1) is 48.3. The van der Waals surface area contributed by atoms with Crippen molar-refractivity contribution in [1.29, 1.82) is 0 Å². The molecule has 0 aliphatic heterocycles. The molecule has 3 aliphatic rings. The maximum Gasteiger partial charge on any atom is -0.0348 e. The molecule has 0 amide bonds. The summed E-state index contributed by atoms with van der Waals surface area (Å²) in [6.07, 6.45) is 30.0. The minimum atomic E-state index is 0.833. The van der Waals surface area contributed by atoms with Crippen molar-refractivity contribution in [3.8, 4) is 0 Å². The molecule has 0 heterocycles. The second kappa shape index (κ2) is 54.9. The lowest BCUT2D eigenvalue weighted by molar-refractivity contribution is 0.718. The summed E-state index contributed by atoms with van der Waals surface area (Å²) in [5.74, 6) is 2.50. The zero-order valence-electron chi connectivity index (χ0n) is 28.7. The summed E-state index contributed by atoms with van der Waals surface area (Å²) < 4.78 is 0. The first-order chi connectivity index (χ1) is 17.2. The fourth-order valence-corrected chi connectivity index (χ4v) is 2.29. The van der Waals surface area contributed by atoms with Crippen molar-refractivity contribution in [3.05, 3.63) is 36.5 Å². The second-order valence-electron chi connectivity index (χ2n) is 10.5. The molecule has 36 heavy (non-hydrogen) atoms. The van der Waals surface area contributed by atoms with Crippen molar-refractivity contribution in [2.45, 2.75) is 181 Å². The van der Waals surface area contributed by atoms with Gasteiger partial charge in [0.2, 0.25) is 0 Å². The van der Waals surface area contributed by atoms with Gasteiger partial charge in [0, 0.05) is 0 Å². The highest BCUT2D eigenvalue weighted by atomic mass is 14.0. The smallest absolute Gasteiger partial charge is 0.0348 e. The van der Waals surface area contributed by atoms with Gasteiger partial charge >= 0.3 is 0 Å². The summed E-state index contributed by atoms with van der Waals surface area (Å²) >= 11 is 0. The van der Waals surface area contributed by atoms with E-state index in [0.29, 0.717) is 0 Å². The van der Waals surface area contributed by atoms with Crippen LogP contribution in [0.2, 0.25) is 0 Å². The molecule has 0 atom stereocenters. The van der Waals surface area contributed by atoms with Gasteiger partial charge in [0.25, 0.3) is 0 Å². The lowest BCUT2D eigenvalue weighted by Gasteiger charge is -1.97. The molecule has 3 aliphatic carbocycles. The fourth-order valence-electron chi connectivity index (χ4n) is 2.29. The van der Waals surface area contributed by atoms with E-state index in [9.17, 15) is 0 Å². The number of rotatable bonds is 0. The van der Waals surface area contributed by atoms with Crippen molar-refractivity contribution in [3.63, 3.8) is 0 Å². The van der Waals surface area contributed by atoms with Crippen LogP contribution in [0.15, 0.2) is 36.5 Å². The van der Waals surface area contributed by atoms with Gasteiger partial charge in [-0.05, 0) is 88.4 Å². The van der Waals surface area contributed by atoms with Gasteiger partial charge in [0.05, 0.1) is 0 Å². The standard InChI is InChI=1S/C7H12.C6H10.C5H8.3C4H10.3C2H6/c1-2-4-6-7-5-3-1;1-2-4-6-5-3-1;1-2-4-5-3-1;3*1-4(2)3;3*1-2/h1-2H,3-7H2;1-2H,3-6H2;1-2H,3-5H2;3*4H,1-3H3;3*1-2H3. The summed E-state index contributed by atoms with van der Waals surface area (Å²) in [4.78, 5) is 0. The Morgan fingerprint density at radius 3 is 0.556 bits per heavy atom. The van der Waals surface area contributed by atoms with Gasteiger partial charge < -0.3 is 0 Å². The van der Waals surface area contributed by atoms with Crippen molar-refractivity contribution in [2.24, 2.45) is 17.8 Å². The average molecular weight is 511 g/mol. The molecule has 0 aromatic carbocycles. The zero-order chi connectivity index (χ0) is 29.5. The second-order valence-corrected chi connectivity index (χ2v) is 10.5. The molecule has 0 radical (unpaired) electrons. The summed E-state index contributed by atoms with van der Waals surface area (Å²) in [6, 6.07) is 0. The Balaban J connectivity index is -0.0000000729. The van der Waals surface area contributed by atoms with E-state index in [4.69, 9.17) is 0 Å². The molecule has 222 valence electrons. The van der Waals surface area contributed by atoms with E-state index in [-0.39, 0.29) is 0 Å². The average Bonchev–Trinajstić information content (AvgIpc) is 3.31. The van der Waals surface area contributed by atoms with E-state index in [1.54, 1.807) is 0 Å². The highest BCUT2D eigenvalue weighted by Crippen LogP contribution is 2.09. The van der Waals surface area contributed by atoms with Gasteiger partial charge in [-0.25, -0.2) is 0 Å². The third-order valence-electron chi connectivity index (χ3n) is 3.47. The maximum absolute atomic E-state index is 2.30. The number of hydrogen-bond donors (Lipinski definition) is 0. The normalized spacial score (nSPS) is 14.2. The highest BCUT2D eigenvalue weighted by molar-refractivity contribution is 4.88. The molecular formula is C36H78. The predicted octanol–water partition coefficient (Wildman–Crippen LogP) is 14.4. The largest absolute Gasteiger partial charge is 0.0885 e. The quantitative estimate of drug-likeness (QED) is 0.284. The van der Waals surface area contributed by atoms with Gasteiger partial charge in [-0.1, -0.05) is 147 Å². The predicted molar refractivity (Wildman–Crippen MR) is 178 cm³/mol. The van der Waals surface area contributed by atoms with Crippen molar-refractivity contribution < 1.29 is 0 Å². The van der Waals surface area contributed by atoms with Gasteiger partial charge in [-0.3, -0.25) is 0 Å². The van der Waals surface area contributed by atoms with Crippen molar-refractivity contribution in [2.75, 3.05) is 0 Å². The Morgan fingerprint density at radius 1 is 0.278 bits per heavy atom. The van der Waals surface area contributed by atoms with Crippen LogP contribution in [0, 0.1) is 17.8 Å². The van der Waals surface area contributed by atoms with Gasteiger partial charge in [-0.2, -0.15) is 0 Å². The Kier molecular flexibility index (Phi) is 73.7. The van der Waals surface area contributed by atoms with E-state index < -0.39 is 0 Å². The summed E-state index contributed by atoms with van der Waals surface area (Å²) in [5, 5.41) is 0. The molecule has 3 rings (SSSR count). The van der Waals surface area contributed by atoms with Crippen LogP contribution in [0.25, 0.3) is 0 Å². The SMILES string of the molecule is C1=CCCC1.C1=CCCCC1.C1=CCCCCC1.CC.CC.CC.CC(C)C.CC(C)C.CC(C)C. The van der Waals surface area contributed by atoms with Crippen LogP contribution in [-0.2, 0) is 0 Å². The molecular weight excluding hydrogens is 432 g/mol. The Hall–Kier alpha value is -0.780. The minimum absolute atomic E-state index is 0.833. The summed E-state index contributed by atoms with van der Waals surface area (Å²) in [5.41, 5.74) is 0. The minimum Gasteiger partial charge on any atom is -0.0885 e. The van der Waals surface area contributed by atoms with Crippen molar-refractivity contribution in [1.82, 2.24) is 0 Å². The molecule has 0 aromatic rings. The summed E-state index contributed by atoms with van der Waals surface area (Å²) in [7, 11) is 0. The van der Waals surface area contributed by atoms with Crippen molar-refractivity contribution >= 4 is 0 Å². The van der Waals surface area contributed by atoms with E-state index in [2.05, 4.69) is 98.8 Å². The molecule has 0 bridgehead atoms. The summed E-state index contributed by atoms with van der Waals surface area (Å²) in [6.45, 7) is 31.5. The Morgan fingerprint density at radius 2 is 0.417 bits per heavy atom. The van der Waals surface area contributed by atoms with Crippen LogP contribution in [-0.4, -0.2) is 0 Å².